The summed E-state index contributed by atoms with van der Waals surface area (Å²) in [5.74, 6) is 2.15. The van der Waals surface area contributed by atoms with Crippen molar-refractivity contribution in [1.29, 1.82) is 0 Å². The Morgan fingerprint density at radius 3 is 2.39 bits per heavy atom. The molecule has 2 nitrogen and oxygen atoms in total. The molecular formula is C20H26FNO. The molecule has 0 aliphatic heterocycles. The van der Waals surface area contributed by atoms with Crippen LogP contribution in [0.15, 0.2) is 24.3 Å². The van der Waals surface area contributed by atoms with Crippen LogP contribution >= 0.6 is 0 Å². The normalized spacial score (nSPS) is 31.4. The number of carbonyl (C=O) groups is 1. The predicted octanol–water partition coefficient (Wildman–Crippen LogP) is 4.61. The molecule has 4 rings (SSSR count). The molecule has 1 aromatic rings. The van der Waals surface area contributed by atoms with Gasteiger partial charge in [-0.05, 0) is 67.6 Å². The maximum Gasteiger partial charge on any atom is 0.223 e. The molecule has 1 amide bonds. The smallest absolute Gasteiger partial charge is 0.223 e. The van der Waals surface area contributed by atoms with Crippen molar-refractivity contribution in [3.8, 4) is 0 Å². The van der Waals surface area contributed by atoms with Crippen LogP contribution in [0.4, 0.5) is 4.39 Å². The van der Waals surface area contributed by atoms with Crippen LogP contribution in [0.2, 0.25) is 0 Å². The monoisotopic (exact) mass is 315 g/mol. The molecule has 1 aromatic carbocycles. The molecule has 0 unspecified atom stereocenters. The van der Waals surface area contributed by atoms with Crippen LogP contribution in [0.1, 0.15) is 63.0 Å². The summed E-state index contributed by atoms with van der Waals surface area (Å²) in [5.41, 5.74) is 1.06. The summed E-state index contributed by atoms with van der Waals surface area (Å²) in [4.78, 5) is 12.9. The van der Waals surface area contributed by atoms with Crippen molar-refractivity contribution in [2.75, 3.05) is 0 Å². The van der Waals surface area contributed by atoms with E-state index in [0.717, 1.165) is 17.9 Å². The Labute approximate surface area is 137 Å². The van der Waals surface area contributed by atoms with Gasteiger partial charge in [0, 0.05) is 5.92 Å². The van der Waals surface area contributed by atoms with Gasteiger partial charge in [0.15, 0.2) is 0 Å². The van der Waals surface area contributed by atoms with E-state index in [1.54, 1.807) is 0 Å². The highest BCUT2D eigenvalue weighted by molar-refractivity contribution is 5.80. The van der Waals surface area contributed by atoms with E-state index in [-0.39, 0.29) is 23.7 Å². The number of nitrogens with one attached hydrogen (secondary N) is 1. The highest BCUT2D eigenvalue weighted by Crippen LogP contribution is 2.48. The van der Waals surface area contributed by atoms with E-state index in [1.807, 2.05) is 12.1 Å². The predicted molar refractivity (Wildman–Crippen MR) is 88.2 cm³/mol. The summed E-state index contributed by atoms with van der Waals surface area (Å²) in [6.45, 7) is 0. The molecule has 2 bridgehead atoms. The number of carbonyl (C=O) groups excluding carboxylic acids is 1. The summed E-state index contributed by atoms with van der Waals surface area (Å²) in [6.07, 6.45) is 9.70. The average Bonchev–Trinajstić information content (AvgIpc) is 3.30. The second-order valence-electron chi connectivity index (χ2n) is 7.86. The highest BCUT2D eigenvalue weighted by atomic mass is 19.1. The molecule has 0 saturated heterocycles. The highest BCUT2D eigenvalue weighted by Gasteiger charge is 2.43. The molecule has 3 fully saturated rings. The first-order valence-electron chi connectivity index (χ1n) is 9.26. The average molecular weight is 315 g/mol. The van der Waals surface area contributed by atoms with E-state index < -0.39 is 0 Å². The van der Waals surface area contributed by atoms with Gasteiger partial charge in [0.2, 0.25) is 5.91 Å². The molecule has 23 heavy (non-hydrogen) atoms. The Balaban J connectivity index is 1.51. The maximum atomic E-state index is 13.3. The molecule has 1 N–H and O–H groups in total. The molecule has 3 heteroatoms. The minimum Gasteiger partial charge on any atom is -0.349 e. The van der Waals surface area contributed by atoms with E-state index >= 15 is 0 Å². The third-order valence-electron chi connectivity index (χ3n) is 6.47. The minimum absolute atomic E-state index is 0.0599. The number of hydrogen-bond acceptors (Lipinski definition) is 1. The van der Waals surface area contributed by atoms with E-state index in [2.05, 4.69) is 5.32 Å². The van der Waals surface area contributed by atoms with Gasteiger partial charge in [-0.15, -0.1) is 0 Å². The van der Waals surface area contributed by atoms with Crippen molar-refractivity contribution in [3.05, 3.63) is 35.6 Å². The van der Waals surface area contributed by atoms with Gasteiger partial charge in [-0.1, -0.05) is 31.4 Å². The molecule has 3 saturated carbocycles. The Hall–Kier alpha value is -1.38. The Morgan fingerprint density at radius 2 is 1.78 bits per heavy atom. The van der Waals surface area contributed by atoms with E-state index in [4.69, 9.17) is 0 Å². The van der Waals surface area contributed by atoms with Crippen LogP contribution in [-0.2, 0) is 4.79 Å². The van der Waals surface area contributed by atoms with Gasteiger partial charge >= 0.3 is 0 Å². The molecule has 4 atom stereocenters. The minimum atomic E-state index is -0.210. The number of amides is 1. The van der Waals surface area contributed by atoms with Crippen LogP contribution in [-0.4, -0.2) is 5.91 Å². The van der Waals surface area contributed by atoms with Crippen molar-refractivity contribution in [2.45, 2.75) is 57.4 Å². The lowest BCUT2D eigenvalue weighted by Gasteiger charge is -2.29. The van der Waals surface area contributed by atoms with Crippen molar-refractivity contribution in [1.82, 2.24) is 5.32 Å². The van der Waals surface area contributed by atoms with Crippen molar-refractivity contribution in [2.24, 2.45) is 23.7 Å². The van der Waals surface area contributed by atoms with Gasteiger partial charge in [0.1, 0.15) is 5.82 Å². The fraction of sp³-hybridized carbons (Fsp3) is 0.650. The van der Waals surface area contributed by atoms with Crippen molar-refractivity contribution < 1.29 is 9.18 Å². The number of benzene rings is 1. The van der Waals surface area contributed by atoms with Gasteiger partial charge < -0.3 is 5.32 Å². The second-order valence-corrected chi connectivity index (χ2v) is 7.86. The first kappa shape index (κ1) is 15.2. The molecule has 3 aliphatic rings. The first-order chi connectivity index (χ1) is 11.2. The third-order valence-corrected chi connectivity index (χ3v) is 6.47. The molecule has 0 radical (unpaired) electrons. The molecule has 0 aromatic heterocycles. The number of hydrogen-bond donors (Lipinski definition) is 1. The molecule has 124 valence electrons. The van der Waals surface area contributed by atoms with Crippen LogP contribution in [0.25, 0.3) is 0 Å². The topological polar surface area (TPSA) is 29.1 Å². The zero-order valence-corrected chi connectivity index (χ0v) is 13.6. The Morgan fingerprint density at radius 1 is 1.04 bits per heavy atom. The molecular weight excluding hydrogens is 289 g/mol. The van der Waals surface area contributed by atoms with Crippen LogP contribution in [0.3, 0.4) is 0 Å². The third kappa shape index (κ3) is 3.02. The fourth-order valence-electron chi connectivity index (χ4n) is 5.26. The van der Waals surface area contributed by atoms with Crippen molar-refractivity contribution in [3.63, 3.8) is 0 Å². The summed E-state index contributed by atoms with van der Waals surface area (Å²) >= 11 is 0. The fourth-order valence-corrected chi connectivity index (χ4v) is 5.26. The number of rotatable bonds is 4. The zero-order chi connectivity index (χ0) is 15.8. The molecule has 3 aliphatic carbocycles. The standard InChI is InChI=1S/C20H26FNO/c21-17-9-7-15(8-10-17)19(14-3-1-2-4-14)22-20(23)18-12-13-5-6-16(18)11-13/h7-10,13-14,16,18-19H,1-6,11-12H2,(H,22,23)/t13-,16-,18+,19-/m0/s1. The quantitative estimate of drug-likeness (QED) is 0.864. The first-order valence-corrected chi connectivity index (χ1v) is 9.26. The summed E-state index contributed by atoms with van der Waals surface area (Å²) in [6, 6.07) is 6.78. The lowest BCUT2D eigenvalue weighted by Crippen LogP contribution is -2.38. The molecule has 0 heterocycles. The lowest BCUT2D eigenvalue weighted by atomic mass is 9.86. The van der Waals surface area contributed by atoms with Gasteiger partial charge in [0.25, 0.3) is 0 Å². The summed E-state index contributed by atoms with van der Waals surface area (Å²) in [7, 11) is 0. The van der Waals surface area contributed by atoms with Gasteiger partial charge in [-0.2, -0.15) is 0 Å². The van der Waals surface area contributed by atoms with Crippen molar-refractivity contribution >= 4 is 5.91 Å². The maximum absolute atomic E-state index is 13.3. The Bertz CT molecular complexity index is 564. The second kappa shape index (κ2) is 6.26. The summed E-state index contributed by atoms with van der Waals surface area (Å²) in [5, 5.41) is 3.36. The lowest BCUT2D eigenvalue weighted by molar-refractivity contribution is -0.127. The Kier molecular flexibility index (Phi) is 4.13. The molecule has 0 spiro atoms. The van der Waals surface area contributed by atoms with Crippen LogP contribution < -0.4 is 5.32 Å². The van der Waals surface area contributed by atoms with E-state index in [0.29, 0.717) is 11.8 Å². The number of fused-ring (bicyclic) bond motifs is 2. The zero-order valence-electron chi connectivity index (χ0n) is 13.6. The largest absolute Gasteiger partial charge is 0.349 e. The van der Waals surface area contributed by atoms with E-state index in [1.165, 1.54) is 57.1 Å². The van der Waals surface area contributed by atoms with Gasteiger partial charge in [-0.25, -0.2) is 4.39 Å². The van der Waals surface area contributed by atoms with Gasteiger partial charge in [0.05, 0.1) is 6.04 Å². The van der Waals surface area contributed by atoms with Gasteiger partial charge in [-0.3, -0.25) is 4.79 Å². The van der Waals surface area contributed by atoms with Crippen LogP contribution in [0.5, 0.6) is 0 Å². The number of halogens is 1. The SMILES string of the molecule is O=C(N[C@H](c1ccc(F)cc1)C1CCCC1)[C@@H]1C[C@H]2CC[C@H]1C2. The van der Waals surface area contributed by atoms with Crippen LogP contribution in [0, 0.1) is 29.5 Å². The van der Waals surface area contributed by atoms with E-state index in [9.17, 15) is 9.18 Å². The summed E-state index contributed by atoms with van der Waals surface area (Å²) < 4.78 is 13.3.